The maximum absolute atomic E-state index is 12.4. The van der Waals surface area contributed by atoms with Gasteiger partial charge < -0.3 is 19.5 Å². The SMILES string of the molecule is COC[C@H](C)NC(=O)[C@@H](C)N(c1ccc2c(c1)OCCO2)S(C)(=O)=O. The lowest BCUT2D eigenvalue weighted by Gasteiger charge is -2.30. The third-order valence-electron chi connectivity index (χ3n) is 3.67. The van der Waals surface area contributed by atoms with Crippen LogP contribution in [0.3, 0.4) is 0 Å². The molecule has 1 aliphatic heterocycles. The molecule has 8 nitrogen and oxygen atoms in total. The third kappa shape index (κ3) is 4.76. The summed E-state index contributed by atoms with van der Waals surface area (Å²) in [5.74, 6) is 0.594. The van der Waals surface area contributed by atoms with E-state index in [1.165, 1.54) is 14.0 Å². The van der Waals surface area contributed by atoms with Crippen molar-refractivity contribution in [3.05, 3.63) is 18.2 Å². The summed E-state index contributed by atoms with van der Waals surface area (Å²) in [7, 11) is -2.16. The fourth-order valence-corrected chi connectivity index (χ4v) is 3.80. The highest BCUT2D eigenvalue weighted by molar-refractivity contribution is 7.92. The molecule has 1 heterocycles. The van der Waals surface area contributed by atoms with Gasteiger partial charge in [-0.05, 0) is 26.0 Å². The van der Waals surface area contributed by atoms with E-state index in [1.807, 2.05) is 0 Å². The number of nitrogens with one attached hydrogen (secondary N) is 1. The lowest BCUT2D eigenvalue weighted by molar-refractivity contribution is -0.122. The van der Waals surface area contributed by atoms with Crippen molar-refractivity contribution >= 4 is 21.6 Å². The van der Waals surface area contributed by atoms with Gasteiger partial charge in [0.25, 0.3) is 0 Å². The number of rotatable bonds is 7. The number of benzene rings is 1. The summed E-state index contributed by atoms with van der Waals surface area (Å²) in [5, 5.41) is 2.74. The monoisotopic (exact) mass is 372 g/mol. The molecule has 1 aromatic carbocycles. The Bertz CT molecular complexity index is 721. The topological polar surface area (TPSA) is 94.2 Å². The number of hydrogen-bond acceptors (Lipinski definition) is 6. The number of fused-ring (bicyclic) bond motifs is 1. The Hall–Kier alpha value is -2.00. The van der Waals surface area contributed by atoms with Crippen molar-refractivity contribution in [2.75, 3.05) is 37.5 Å². The quantitative estimate of drug-likeness (QED) is 0.760. The highest BCUT2D eigenvalue weighted by Crippen LogP contribution is 2.35. The predicted octanol–water partition coefficient (Wildman–Crippen LogP) is 0.763. The van der Waals surface area contributed by atoms with Crippen LogP contribution < -0.4 is 19.1 Å². The van der Waals surface area contributed by atoms with E-state index in [9.17, 15) is 13.2 Å². The van der Waals surface area contributed by atoms with Gasteiger partial charge in [0.2, 0.25) is 15.9 Å². The molecule has 9 heteroatoms. The molecule has 2 atom stereocenters. The van der Waals surface area contributed by atoms with Crippen LogP contribution in [-0.2, 0) is 19.6 Å². The molecule has 25 heavy (non-hydrogen) atoms. The number of ether oxygens (including phenoxy) is 3. The first kappa shape index (κ1) is 19.3. The zero-order chi connectivity index (χ0) is 18.6. The molecule has 0 saturated heterocycles. The van der Waals surface area contributed by atoms with Crippen molar-refractivity contribution in [3.63, 3.8) is 0 Å². The first-order valence-electron chi connectivity index (χ1n) is 7.92. The van der Waals surface area contributed by atoms with Gasteiger partial charge in [-0.3, -0.25) is 9.10 Å². The molecular formula is C16H24N2O6S. The van der Waals surface area contributed by atoms with Gasteiger partial charge in [-0.15, -0.1) is 0 Å². The van der Waals surface area contributed by atoms with Crippen LogP contribution in [0, 0.1) is 0 Å². The Morgan fingerprint density at radius 2 is 1.92 bits per heavy atom. The minimum atomic E-state index is -3.69. The standard InChI is InChI=1S/C16H24N2O6S/c1-11(10-22-3)17-16(19)12(2)18(25(4,20)21)13-5-6-14-15(9-13)24-8-7-23-14/h5-6,9,11-12H,7-8,10H2,1-4H3,(H,17,19)/t11-,12+/m0/s1. The smallest absolute Gasteiger partial charge is 0.243 e. The Morgan fingerprint density at radius 3 is 2.52 bits per heavy atom. The van der Waals surface area contributed by atoms with Gasteiger partial charge in [0, 0.05) is 19.2 Å². The highest BCUT2D eigenvalue weighted by atomic mass is 32.2. The van der Waals surface area contributed by atoms with E-state index in [0.29, 0.717) is 37.0 Å². The van der Waals surface area contributed by atoms with Crippen LogP contribution >= 0.6 is 0 Å². The molecule has 0 radical (unpaired) electrons. The second-order valence-electron chi connectivity index (χ2n) is 5.93. The van der Waals surface area contributed by atoms with Crippen molar-refractivity contribution in [1.82, 2.24) is 5.32 Å². The predicted molar refractivity (Wildman–Crippen MR) is 93.7 cm³/mol. The van der Waals surface area contributed by atoms with E-state index in [0.717, 1.165) is 10.6 Å². The van der Waals surface area contributed by atoms with E-state index in [1.54, 1.807) is 25.1 Å². The lowest BCUT2D eigenvalue weighted by Crippen LogP contribution is -2.50. The largest absolute Gasteiger partial charge is 0.486 e. The summed E-state index contributed by atoms with van der Waals surface area (Å²) in [6.07, 6.45) is 1.06. The number of sulfonamides is 1. The number of hydrogen-bond donors (Lipinski definition) is 1. The van der Waals surface area contributed by atoms with Crippen LogP contribution in [0.25, 0.3) is 0 Å². The van der Waals surface area contributed by atoms with Gasteiger partial charge in [-0.1, -0.05) is 0 Å². The zero-order valence-electron chi connectivity index (χ0n) is 14.8. The first-order valence-corrected chi connectivity index (χ1v) is 9.77. The second-order valence-corrected chi connectivity index (χ2v) is 7.79. The van der Waals surface area contributed by atoms with E-state index >= 15 is 0 Å². The second kappa shape index (κ2) is 7.92. The van der Waals surface area contributed by atoms with Crippen LogP contribution in [0.5, 0.6) is 11.5 Å². The Labute approximate surface area is 148 Å². The zero-order valence-corrected chi connectivity index (χ0v) is 15.6. The van der Waals surface area contributed by atoms with Crippen molar-refractivity contribution in [2.24, 2.45) is 0 Å². The van der Waals surface area contributed by atoms with Gasteiger partial charge in [0.15, 0.2) is 11.5 Å². The summed E-state index contributed by atoms with van der Waals surface area (Å²) in [6.45, 7) is 4.48. The van der Waals surface area contributed by atoms with E-state index in [-0.39, 0.29) is 6.04 Å². The molecule has 0 aromatic heterocycles. The van der Waals surface area contributed by atoms with Crippen LogP contribution in [0.15, 0.2) is 18.2 Å². The van der Waals surface area contributed by atoms with E-state index in [4.69, 9.17) is 14.2 Å². The molecule has 0 bridgehead atoms. The van der Waals surface area contributed by atoms with Crippen molar-refractivity contribution in [3.8, 4) is 11.5 Å². The third-order valence-corrected chi connectivity index (χ3v) is 4.92. The van der Waals surface area contributed by atoms with Gasteiger partial charge in [0.05, 0.1) is 18.6 Å². The molecule has 1 aromatic rings. The minimum Gasteiger partial charge on any atom is -0.486 e. The lowest BCUT2D eigenvalue weighted by atomic mass is 10.2. The Balaban J connectivity index is 2.29. The summed E-state index contributed by atoms with van der Waals surface area (Å²) < 4.78 is 41.6. The van der Waals surface area contributed by atoms with Crippen LogP contribution in [-0.4, -0.2) is 59.6 Å². The van der Waals surface area contributed by atoms with Gasteiger partial charge in [-0.25, -0.2) is 8.42 Å². The van der Waals surface area contributed by atoms with Crippen molar-refractivity contribution in [1.29, 1.82) is 0 Å². The number of amides is 1. The number of anilines is 1. The molecule has 0 fully saturated rings. The van der Waals surface area contributed by atoms with Gasteiger partial charge >= 0.3 is 0 Å². The number of methoxy groups -OCH3 is 1. The normalized spacial score (nSPS) is 16.0. The molecule has 0 spiro atoms. The van der Waals surface area contributed by atoms with Gasteiger partial charge in [-0.2, -0.15) is 0 Å². The maximum Gasteiger partial charge on any atom is 0.243 e. The molecule has 0 saturated carbocycles. The fourth-order valence-electron chi connectivity index (χ4n) is 2.63. The summed E-state index contributed by atoms with van der Waals surface area (Å²) in [4.78, 5) is 12.4. The van der Waals surface area contributed by atoms with Gasteiger partial charge in [0.1, 0.15) is 19.3 Å². The average molecular weight is 372 g/mol. The fraction of sp³-hybridized carbons (Fsp3) is 0.562. The Kier molecular flexibility index (Phi) is 6.12. The molecule has 1 N–H and O–H groups in total. The van der Waals surface area contributed by atoms with Crippen molar-refractivity contribution < 1.29 is 27.4 Å². The summed E-state index contributed by atoms with van der Waals surface area (Å²) in [6, 6.07) is 3.63. The Morgan fingerprint density at radius 1 is 1.28 bits per heavy atom. The highest BCUT2D eigenvalue weighted by Gasteiger charge is 2.30. The molecular weight excluding hydrogens is 348 g/mol. The van der Waals surface area contributed by atoms with E-state index < -0.39 is 22.0 Å². The summed E-state index contributed by atoms with van der Waals surface area (Å²) >= 11 is 0. The maximum atomic E-state index is 12.4. The van der Waals surface area contributed by atoms with E-state index in [2.05, 4.69) is 5.32 Å². The van der Waals surface area contributed by atoms with Crippen LogP contribution in [0.4, 0.5) is 5.69 Å². The van der Waals surface area contributed by atoms with Crippen LogP contribution in [0.1, 0.15) is 13.8 Å². The molecule has 2 rings (SSSR count). The number of nitrogens with zero attached hydrogens (tertiary/aromatic N) is 1. The van der Waals surface area contributed by atoms with Crippen LogP contribution in [0.2, 0.25) is 0 Å². The number of carbonyl (C=O) groups excluding carboxylic acids is 1. The molecule has 0 unspecified atom stereocenters. The minimum absolute atomic E-state index is 0.235. The molecule has 1 amide bonds. The molecule has 1 aliphatic rings. The molecule has 140 valence electrons. The summed E-state index contributed by atoms with van der Waals surface area (Å²) in [5.41, 5.74) is 0.341. The average Bonchev–Trinajstić information content (AvgIpc) is 2.53. The number of carbonyl (C=O) groups is 1. The first-order chi connectivity index (χ1) is 11.7. The molecule has 0 aliphatic carbocycles. The van der Waals surface area contributed by atoms with Crippen molar-refractivity contribution in [2.45, 2.75) is 25.9 Å².